The second kappa shape index (κ2) is 7.14. The Morgan fingerprint density at radius 3 is 2.35 bits per heavy atom. The van der Waals surface area contributed by atoms with Gasteiger partial charge in [0.2, 0.25) is 0 Å². The fraction of sp³-hybridized carbons (Fsp3) is 0.429. The van der Waals surface area contributed by atoms with Crippen molar-refractivity contribution in [3.05, 3.63) is 34.9 Å². The van der Waals surface area contributed by atoms with Crippen molar-refractivity contribution in [1.82, 2.24) is 10.6 Å². The van der Waals surface area contributed by atoms with Crippen LogP contribution in [0.3, 0.4) is 0 Å². The fourth-order valence-corrected chi connectivity index (χ4v) is 1.95. The maximum atomic E-state index is 11.8. The average Bonchev–Trinajstić information content (AvgIpc) is 2.35. The van der Waals surface area contributed by atoms with Gasteiger partial charge in [-0.3, -0.25) is 0 Å². The quantitative estimate of drug-likeness (QED) is 0.782. The van der Waals surface area contributed by atoms with Crippen LogP contribution >= 0.6 is 11.6 Å². The van der Waals surface area contributed by atoms with E-state index in [0.29, 0.717) is 5.02 Å². The molecule has 0 radical (unpaired) electrons. The number of carboxylic acid groups (broad SMARTS) is 1. The molecule has 0 bridgehead atoms. The minimum Gasteiger partial charge on any atom is -0.480 e. The molecule has 1 aromatic carbocycles. The zero-order chi connectivity index (χ0) is 15.3. The van der Waals surface area contributed by atoms with Gasteiger partial charge in [-0.25, -0.2) is 9.59 Å². The van der Waals surface area contributed by atoms with Crippen molar-refractivity contribution in [2.75, 3.05) is 0 Å². The molecule has 6 heteroatoms. The lowest BCUT2D eigenvalue weighted by Gasteiger charge is -2.20. The molecule has 0 saturated carbocycles. The molecular formula is C14H19ClN2O3. The van der Waals surface area contributed by atoms with Crippen molar-refractivity contribution >= 4 is 23.6 Å². The number of carbonyl (C=O) groups excluding carboxylic acids is 1. The summed E-state index contributed by atoms with van der Waals surface area (Å²) < 4.78 is 0. The monoisotopic (exact) mass is 298 g/mol. The summed E-state index contributed by atoms with van der Waals surface area (Å²) in [4.78, 5) is 22.8. The van der Waals surface area contributed by atoms with E-state index in [1.807, 2.05) is 6.07 Å². The highest BCUT2D eigenvalue weighted by Crippen LogP contribution is 2.17. The highest BCUT2D eigenvalue weighted by atomic mass is 35.5. The molecule has 5 nitrogen and oxygen atoms in total. The summed E-state index contributed by atoms with van der Waals surface area (Å²) in [5.74, 6) is -1.25. The van der Waals surface area contributed by atoms with E-state index in [4.69, 9.17) is 16.7 Å². The van der Waals surface area contributed by atoms with Gasteiger partial charge in [0.15, 0.2) is 0 Å². The van der Waals surface area contributed by atoms with Crippen molar-refractivity contribution in [2.45, 2.75) is 32.9 Å². The lowest BCUT2D eigenvalue weighted by molar-refractivity contribution is -0.140. The number of aliphatic carboxylic acids is 1. The highest BCUT2D eigenvalue weighted by molar-refractivity contribution is 6.30. The first-order valence-corrected chi connectivity index (χ1v) is 6.74. The van der Waals surface area contributed by atoms with E-state index in [1.165, 1.54) is 0 Å². The first kappa shape index (κ1) is 16.3. The Kier molecular flexibility index (Phi) is 5.82. The molecular weight excluding hydrogens is 280 g/mol. The topological polar surface area (TPSA) is 78.4 Å². The van der Waals surface area contributed by atoms with Crippen LogP contribution in [0, 0.1) is 5.92 Å². The molecule has 1 aromatic rings. The maximum absolute atomic E-state index is 11.8. The molecule has 3 N–H and O–H groups in total. The van der Waals surface area contributed by atoms with E-state index in [2.05, 4.69) is 10.6 Å². The molecule has 110 valence electrons. The largest absolute Gasteiger partial charge is 0.480 e. The van der Waals surface area contributed by atoms with Crippen molar-refractivity contribution in [3.63, 3.8) is 0 Å². The minimum atomic E-state index is -1.05. The summed E-state index contributed by atoms with van der Waals surface area (Å²) in [6.07, 6.45) is 0. The summed E-state index contributed by atoms with van der Waals surface area (Å²) in [7, 11) is 0. The maximum Gasteiger partial charge on any atom is 0.326 e. The van der Waals surface area contributed by atoms with E-state index in [1.54, 1.807) is 39.0 Å². The highest BCUT2D eigenvalue weighted by Gasteiger charge is 2.23. The summed E-state index contributed by atoms with van der Waals surface area (Å²) in [5, 5.41) is 14.7. The predicted molar refractivity (Wildman–Crippen MR) is 77.8 cm³/mol. The number of urea groups is 1. The number of halogens is 1. The summed E-state index contributed by atoms with van der Waals surface area (Å²) in [6, 6.07) is 5.44. The van der Waals surface area contributed by atoms with Crippen molar-refractivity contribution in [1.29, 1.82) is 0 Å². The summed E-state index contributed by atoms with van der Waals surface area (Å²) in [5.41, 5.74) is 0.851. The number of hydrogen-bond acceptors (Lipinski definition) is 2. The molecule has 0 heterocycles. The molecule has 20 heavy (non-hydrogen) atoms. The smallest absolute Gasteiger partial charge is 0.326 e. The number of carbonyl (C=O) groups is 2. The SMILES string of the molecule is CC(NC(=O)N[C@@H](C(=O)O)C(C)C)c1cccc(Cl)c1. The van der Waals surface area contributed by atoms with Crippen LogP contribution in [-0.4, -0.2) is 23.1 Å². The van der Waals surface area contributed by atoms with E-state index in [0.717, 1.165) is 5.56 Å². The van der Waals surface area contributed by atoms with Crippen LogP contribution < -0.4 is 10.6 Å². The Morgan fingerprint density at radius 1 is 1.20 bits per heavy atom. The molecule has 0 spiro atoms. The molecule has 0 aliphatic carbocycles. The molecule has 1 rings (SSSR count). The van der Waals surface area contributed by atoms with Crippen LogP contribution in [0.4, 0.5) is 4.79 Å². The van der Waals surface area contributed by atoms with E-state index in [-0.39, 0.29) is 12.0 Å². The predicted octanol–water partition coefficient (Wildman–Crippen LogP) is 2.81. The third kappa shape index (κ3) is 4.74. The third-order valence-electron chi connectivity index (χ3n) is 2.92. The Morgan fingerprint density at radius 2 is 1.85 bits per heavy atom. The number of carboxylic acids is 1. The number of benzene rings is 1. The van der Waals surface area contributed by atoms with Crippen LogP contribution in [0.15, 0.2) is 24.3 Å². The van der Waals surface area contributed by atoms with Crippen LogP contribution in [0.1, 0.15) is 32.4 Å². The van der Waals surface area contributed by atoms with Gasteiger partial charge in [-0.15, -0.1) is 0 Å². The van der Waals surface area contributed by atoms with Crippen molar-refractivity contribution in [2.24, 2.45) is 5.92 Å². The zero-order valence-electron chi connectivity index (χ0n) is 11.7. The standard InChI is InChI=1S/C14H19ClN2O3/c1-8(2)12(13(18)19)17-14(20)16-9(3)10-5-4-6-11(15)7-10/h4-9,12H,1-3H3,(H,18,19)(H2,16,17,20)/t9?,12-/m1/s1. The first-order valence-electron chi connectivity index (χ1n) is 6.36. The first-order chi connectivity index (χ1) is 9.31. The number of rotatable bonds is 5. The van der Waals surface area contributed by atoms with Crippen LogP contribution in [0.25, 0.3) is 0 Å². The van der Waals surface area contributed by atoms with Crippen LogP contribution in [-0.2, 0) is 4.79 Å². The van der Waals surface area contributed by atoms with E-state index in [9.17, 15) is 9.59 Å². The lowest BCUT2D eigenvalue weighted by atomic mass is 10.1. The van der Waals surface area contributed by atoms with Crippen LogP contribution in [0.5, 0.6) is 0 Å². The number of amides is 2. The van der Waals surface area contributed by atoms with Crippen LogP contribution in [0.2, 0.25) is 5.02 Å². The fourth-order valence-electron chi connectivity index (χ4n) is 1.75. The second-order valence-corrected chi connectivity index (χ2v) is 5.39. The van der Waals surface area contributed by atoms with Crippen molar-refractivity contribution in [3.8, 4) is 0 Å². The molecule has 0 aromatic heterocycles. The normalized spacial score (nSPS) is 13.7. The van der Waals surface area contributed by atoms with E-state index >= 15 is 0 Å². The van der Waals surface area contributed by atoms with Gasteiger partial charge >= 0.3 is 12.0 Å². The van der Waals surface area contributed by atoms with Gasteiger partial charge < -0.3 is 15.7 Å². The van der Waals surface area contributed by atoms with Gasteiger partial charge in [0.1, 0.15) is 6.04 Å². The molecule has 0 aliphatic rings. The third-order valence-corrected chi connectivity index (χ3v) is 3.15. The van der Waals surface area contributed by atoms with Gasteiger partial charge in [-0.2, -0.15) is 0 Å². The van der Waals surface area contributed by atoms with E-state index < -0.39 is 18.0 Å². The molecule has 2 amide bonds. The number of nitrogens with one attached hydrogen (secondary N) is 2. The van der Waals surface area contributed by atoms with Crippen molar-refractivity contribution < 1.29 is 14.7 Å². The second-order valence-electron chi connectivity index (χ2n) is 4.95. The summed E-state index contributed by atoms with van der Waals surface area (Å²) >= 11 is 5.89. The average molecular weight is 299 g/mol. The molecule has 0 fully saturated rings. The lowest BCUT2D eigenvalue weighted by Crippen LogP contribution is -2.49. The Balaban J connectivity index is 2.64. The number of hydrogen-bond donors (Lipinski definition) is 3. The molecule has 1 unspecified atom stereocenters. The molecule has 0 aliphatic heterocycles. The van der Waals surface area contributed by atoms with Gasteiger partial charge in [0.25, 0.3) is 0 Å². The summed E-state index contributed by atoms with van der Waals surface area (Å²) in [6.45, 7) is 5.27. The Labute approximate surface area is 123 Å². The Bertz CT molecular complexity index is 491. The van der Waals surface area contributed by atoms with Gasteiger partial charge in [-0.05, 0) is 30.5 Å². The zero-order valence-corrected chi connectivity index (χ0v) is 12.4. The minimum absolute atomic E-state index is 0.195. The van der Waals surface area contributed by atoms with Gasteiger partial charge in [0.05, 0.1) is 6.04 Å². The van der Waals surface area contributed by atoms with Gasteiger partial charge in [0, 0.05) is 5.02 Å². The Hall–Kier alpha value is -1.75. The molecule has 0 saturated heterocycles. The molecule has 2 atom stereocenters. The van der Waals surface area contributed by atoms with Gasteiger partial charge in [-0.1, -0.05) is 37.6 Å².